The van der Waals surface area contributed by atoms with Gasteiger partial charge >= 0.3 is 0 Å². The minimum Gasteiger partial charge on any atom is -0.456 e. The minimum atomic E-state index is 0.697. The molecule has 0 aliphatic heterocycles. The summed E-state index contributed by atoms with van der Waals surface area (Å²) in [6, 6.07) is 78.2. The third-order valence-electron chi connectivity index (χ3n) is 13.5. The molecule has 0 amide bonds. The largest absolute Gasteiger partial charge is 0.456 e. The van der Waals surface area contributed by atoms with Crippen LogP contribution in [0.4, 0.5) is 0 Å². The molecule has 0 saturated carbocycles. The second kappa shape index (κ2) is 20.2. The van der Waals surface area contributed by atoms with Gasteiger partial charge in [-0.1, -0.05) is 146 Å². The van der Waals surface area contributed by atoms with Gasteiger partial charge in [0.1, 0.15) is 33.4 Å². The highest BCUT2D eigenvalue weighted by molar-refractivity contribution is 6.07. The van der Waals surface area contributed by atoms with Crippen molar-refractivity contribution < 1.29 is 17.7 Å². The van der Waals surface area contributed by atoms with Crippen molar-refractivity contribution >= 4 is 88.0 Å². The number of furan rings is 4. The van der Waals surface area contributed by atoms with Gasteiger partial charge in [0.2, 0.25) is 5.71 Å². The fourth-order valence-electron chi connectivity index (χ4n) is 9.70. The van der Waals surface area contributed by atoms with Crippen LogP contribution >= 0.6 is 0 Å². The molecule has 0 N–H and O–H groups in total. The van der Waals surface area contributed by atoms with Crippen LogP contribution in [0.5, 0.6) is 0 Å². The first-order chi connectivity index (χ1) is 37.7. The molecule has 0 aliphatic rings. The Morgan fingerprint density at radius 3 is 1.22 bits per heavy atom. The Kier molecular flexibility index (Phi) is 12.1. The van der Waals surface area contributed by atoms with E-state index in [1.165, 1.54) is 33.4 Å². The second-order valence-electron chi connectivity index (χ2n) is 18.2. The van der Waals surface area contributed by atoms with Crippen molar-refractivity contribution in [2.45, 2.75) is 0 Å². The first-order valence-electron chi connectivity index (χ1n) is 25.0. The molecular formula is C68H44N4O4. The van der Waals surface area contributed by atoms with Gasteiger partial charge in [-0.3, -0.25) is 15.0 Å². The van der Waals surface area contributed by atoms with Crippen molar-refractivity contribution in [3.05, 3.63) is 268 Å². The molecule has 0 unspecified atom stereocenters. The van der Waals surface area contributed by atoms with Crippen LogP contribution in [0.3, 0.4) is 0 Å². The highest BCUT2D eigenvalue weighted by Gasteiger charge is 2.12. The molecule has 76 heavy (non-hydrogen) atoms. The van der Waals surface area contributed by atoms with Gasteiger partial charge in [0.05, 0.1) is 6.20 Å². The maximum Gasteiger partial charge on any atom is 0.227 e. The van der Waals surface area contributed by atoms with Gasteiger partial charge in [-0.2, -0.15) is 0 Å². The molecule has 0 spiro atoms. The maximum atomic E-state index is 5.87. The summed E-state index contributed by atoms with van der Waals surface area (Å²) in [6.07, 6.45) is 10.7. The topological polar surface area (TPSA) is 104 Å². The molecule has 0 radical (unpaired) electrons. The van der Waals surface area contributed by atoms with Crippen molar-refractivity contribution in [2.75, 3.05) is 0 Å². The number of aromatic nitrogens is 4. The van der Waals surface area contributed by atoms with Crippen molar-refractivity contribution in [1.29, 1.82) is 0 Å². The number of hydrogen-bond acceptors (Lipinski definition) is 8. The Morgan fingerprint density at radius 1 is 0.224 bits per heavy atom. The Labute approximate surface area is 435 Å². The molecule has 8 heterocycles. The number of pyridine rings is 4. The SMILES string of the molecule is c1ccc(-c2ccc3c(c2)oc2cccnc23)cc1.c1ccc(-c2ccc3c(c2)oc2ccncc23)cc1.c1ccc(-c2ccc3c(c2)oc2cnccc23)cc1.c1ccc(-c2ccc3c(c2)oc2ncccc23)cc1. The summed E-state index contributed by atoms with van der Waals surface area (Å²) in [5.74, 6) is 0. The third-order valence-corrected chi connectivity index (χ3v) is 13.5. The molecule has 0 saturated heterocycles. The van der Waals surface area contributed by atoms with Crippen molar-refractivity contribution in [2.24, 2.45) is 0 Å². The molecule has 0 atom stereocenters. The third kappa shape index (κ3) is 9.08. The summed E-state index contributed by atoms with van der Waals surface area (Å²) >= 11 is 0. The van der Waals surface area contributed by atoms with Gasteiger partial charge < -0.3 is 17.7 Å². The minimum absolute atomic E-state index is 0.697. The van der Waals surface area contributed by atoms with Gasteiger partial charge in [-0.15, -0.1) is 0 Å². The second-order valence-corrected chi connectivity index (χ2v) is 18.2. The highest BCUT2D eigenvalue weighted by atomic mass is 16.3. The summed E-state index contributed by atoms with van der Waals surface area (Å²) in [4.78, 5) is 16.9. The fourth-order valence-corrected chi connectivity index (χ4v) is 9.70. The lowest BCUT2D eigenvalue weighted by molar-refractivity contribution is 0.654. The molecule has 8 aromatic heterocycles. The lowest BCUT2D eigenvalue weighted by atomic mass is 10.0. The fraction of sp³-hybridized carbons (Fsp3) is 0. The summed E-state index contributed by atoms with van der Waals surface area (Å²) in [5.41, 5.74) is 17.2. The van der Waals surface area contributed by atoms with Crippen molar-refractivity contribution in [3.63, 3.8) is 0 Å². The molecule has 8 nitrogen and oxygen atoms in total. The average molecular weight is 981 g/mol. The monoisotopic (exact) mass is 980 g/mol. The van der Waals surface area contributed by atoms with Crippen LogP contribution in [-0.2, 0) is 0 Å². The van der Waals surface area contributed by atoms with E-state index in [-0.39, 0.29) is 0 Å². The van der Waals surface area contributed by atoms with Crippen LogP contribution < -0.4 is 0 Å². The molecule has 8 heteroatoms. The van der Waals surface area contributed by atoms with Gasteiger partial charge in [0, 0.05) is 68.7 Å². The van der Waals surface area contributed by atoms with E-state index in [4.69, 9.17) is 17.7 Å². The standard InChI is InChI=1S/4C17H11NO/c1-2-5-12(6-3-1)13-8-9-14-16(11-13)19-15-7-4-10-18-17(14)15;1-2-5-12(6-3-1)13-8-9-14-15-7-4-10-18-17(15)19-16(14)11-13;1-2-4-12(5-3-1)13-6-7-14-15-11-18-9-8-16(15)19-17(14)10-13;1-2-4-12(5-3-1)13-6-7-14-15-8-9-18-11-17(15)19-16(14)10-13/h4*1-11H. The molecule has 8 aromatic carbocycles. The Morgan fingerprint density at radius 2 is 0.645 bits per heavy atom. The van der Waals surface area contributed by atoms with E-state index in [1.807, 2.05) is 115 Å². The van der Waals surface area contributed by atoms with Crippen LogP contribution in [0, 0.1) is 0 Å². The predicted molar refractivity (Wildman–Crippen MR) is 308 cm³/mol. The van der Waals surface area contributed by atoms with E-state index in [1.54, 1.807) is 31.0 Å². The van der Waals surface area contributed by atoms with E-state index < -0.39 is 0 Å². The number of benzene rings is 8. The molecule has 16 rings (SSSR count). The average Bonchev–Trinajstić information content (AvgIpc) is 4.28. The first-order valence-corrected chi connectivity index (χ1v) is 25.0. The van der Waals surface area contributed by atoms with E-state index in [0.717, 1.165) is 93.4 Å². The number of hydrogen-bond donors (Lipinski definition) is 0. The lowest BCUT2D eigenvalue weighted by Gasteiger charge is -2.00. The van der Waals surface area contributed by atoms with Crippen LogP contribution in [0.25, 0.3) is 133 Å². The van der Waals surface area contributed by atoms with E-state index >= 15 is 0 Å². The lowest BCUT2D eigenvalue weighted by Crippen LogP contribution is -1.76. The zero-order valence-corrected chi connectivity index (χ0v) is 40.8. The van der Waals surface area contributed by atoms with Gasteiger partial charge in [-0.25, -0.2) is 4.98 Å². The van der Waals surface area contributed by atoms with Gasteiger partial charge in [0.15, 0.2) is 11.2 Å². The van der Waals surface area contributed by atoms with E-state index in [2.05, 4.69) is 141 Å². The zero-order chi connectivity index (χ0) is 50.6. The number of fused-ring (bicyclic) bond motifs is 12. The first kappa shape index (κ1) is 45.4. The van der Waals surface area contributed by atoms with Crippen molar-refractivity contribution in [1.82, 2.24) is 19.9 Å². The summed E-state index contributed by atoms with van der Waals surface area (Å²) in [6.45, 7) is 0. The van der Waals surface area contributed by atoms with Gasteiger partial charge in [0.25, 0.3) is 0 Å². The summed E-state index contributed by atoms with van der Waals surface area (Å²) in [7, 11) is 0. The van der Waals surface area contributed by atoms with Crippen LogP contribution in [0.2, 0.25) is 0 Å². The van der Waals surface area contributed by atoms with Crippen LogP contribution in [0.1, 0.15) is 0 Å². The number of nitrogens with zero attached hydrogens (tertiary/aromatic N) is 4. The summed E-state index contributed by atoms with van der Waals surface area (Å²) < 4.78 is 23.4. The Balaban J connectivity index is 0.0000000970. The Hall–Kier alpha value is -10.4. The number of rotatable bonds is 4. The smallest absolute Gasteiger partial charge is 0.227 e. The van der Waals surface area contributed by atoms with Crippen molar-refractivity contribution in [3.8, 4) is 44.5 Å². The Bertz CT molecular complexity index is 4050. The molecular weight excluding hydrogens is 937 g/mol. The predicted octanol–water partition coefficient (Wildman–Crippen LogP) is 18.6. The molecule has 0 aliphatic carbocycles. The van der Waals surface area contributed by atoms with E-state index in [0.29, 0.717) is 5.71 Å². The van der Waals surface area contributed by atoms with E-state index in [9.17, 15) is 0 Å². The quantitative estimate of drug-likeness (QED) is 0.172. The molecule has 0 fully saturated rings. The molecule has 360 valence electrons. The summed E-state index contributed by atoms with van der Waals surface area (Å²) in [5, 5.41) is 7.68. The zero-order valence-electron chi connectivity index (χ0n) is 40.8. The maximum absolute atomic E-state index is 5.87. The van der Waals surface area contributed by atoms with Gasteiger partial charge in [-0.05, 0) is 129 Å². The molecule has 0 bridgehead atoms. The highest BCUT2D eigenvalue weighted by Crippen LogP contribution is 2.35. The van der Waals surface area contributed by atoms with Crippen LogP contribution in [0.15, 0.2) is 285 Å². The molecule has 16 aromatic rings. The normalized spacial score (nSPS) is 11.2. The van der Waals surface area contributed by atoms with Crippen LogP contribution in [-0.4, -0.2) is 19.9 Å².